The van der Waals surface area contributed by atoms with Gasteiger partial charge in [0, 0.05) is 16.9 Å². The molecule has 0 fully saturated rings. The van der Waals surface area contributed by atoms with Crippen LogP contribution in [0.25, 0.3) is 0 Å². The number of anilines is 2. The van der Waals surface area contributed by atoms with Crippen LogP contribution in [-0.4, -0.2) is 18.5 Å². The Balaban J connectivity index is 1.56. The maximum Gasteiger partial charge on any atom is 0.387 e. The lowest BCUT2D eigenvalue weighted by Crippen LogP contribution is -2.26. The maximum atomic E-state index is 12.4. The molecule has 3 rings (SSSR count). The van der Waals surface area contributed by atoms with Crippen molar-refractivity contribution >= 4 is 23.3 Å². The van der Waals surface area contributed by atoms with Crippen molar-refractivity contribution < 1.29 is 23.1 Å². The average Bonchev–Trinajstić information content (AvgIpc) is 2.74. The largest absolute Gasteiger partial charge is 0.435 e. The second kappa shape index (κ2) is 10.2. The molecule has 0 aliphatic heterocycles. The van der Waals surface area contributed by atoms with E-state index in [0.29, 0.717) is 11.4 Å². The molecular weight excluding hydrogens is 404 g/mol. The first-order valence-corrected chi connectivity index (χ1v) is 9.49. The molecule has 0 saturated carbocycles. The third-order valence-electron chi connectivity index (χ3n) is 4.37. The molecule has 31 heavy (non-hydrogen) atoms. The zero-order valence-corrected chi connectivity index (χ0v) is 16.6. The first-order chi connectivity index (χ1) is 14.9. The molecule has 1 atom stereocenters. The number of urea groups is 1. The summed E-state index contributed by atoms with van der Waals surface area (Å²) in [5.74, 6) is -0.504. The standard InChI is InChI=1S/C23H21F2N3O3/c1-15(26-21(29)17-6-5-9-20(14-17)31-22(24)25)16-10-12-19(13-11-16)28-23(30)27-18-7-3-2-4-8-18/h2-15,22H,1H3,(H,26,29)(H2,27,28,30). The summed E-state index contributed by atoms with van der Waals surface area (Å²) < 4.78 is 29.0. The lowest BCUT2D eigenvalue weighted by atomic mass is 10.1. The molecule has 0 aliphatic carbocycles. The Morgan fingerprint density at radius 2 is 1.48 bits per heavy atom. The fraction of sp³-hybridized carbons (Fsp3) is 0.130. The molecule has 0 bridgehead atoms. The van der Waals surface area contributed by atoms with Crippen LogP contribution >= 0.6 is 0 Å². The smallest absolute Gasteiger partial charge is 0.387 e. The second-order valence-corrected chi connectivity index (χ2v) is 6.67. The Hall–Kier alpha value is -3.94. The maximum absolute atomic E-state index is 12.4. The highest BCUT2D eigenvalue weighted by Crippen LogP contribution is 2.19. The molecule has 3 amide bonds. The number of alkyl halides is 2. The van der Waals surface area contributed by atoms with Crippen molar-refractivity contribution in [1.82, 2.24) is 5.32 Å². The number of para-hydroxylation sites is 1. The monoisotopic (exact) mass is 425 g/mol. The van der Waals surface area contributed by atoms with Crippen LogP contribution in [0.15, 0.2) is 78.9 Å². The van der Waals surface area contributed by atoms with Gasteiger partial charge in [-0.15, -0.1) is 0 Å². The van der Waals surface area contributed by atoms with E-state index < -0.39 is 12.5 Å². The van der Waals surface area contributed by atoms with Crippen molar-refractivity contribution in [3.8, 4) is 5.75 Å². The summed E-state index contributed by atoms with van der Waals surface area (Å²) in [4.78, 5) is 24.5. The van der Waals surface area contributed by atoms with Crippen LogP contribution in [0.1, 0.15) is 28.9 Å². The molecule has 0 aromatic heterocycles. The van der Waals surface area contributed by atoms with Gasteiger partial charge in [-0.3, -0.25) is 4.79 Å². The topological polar surface area (TPSA) is 79.5 Å². The lowest BCUT2D eigenvalue weighted by molar-refractivity contribution is -0.0498. The summed E-state index contributed by atoms with van der Waals surface area (Å²) >= 11 is 0. The first kappa shape index (κ1) is 21.8. The number of benzene rings is 3. The molecule has 3 aromatic carbocycles. The van der Waals surface area contributed by atoms with Crippen LogP contribution in [0, 0.1) is 0 Å². The van der Waals surface area contributed by atoms with Gasteiger partial charge in [-0.05, 0) is 55.0 Å². The van der Waals surface area contributed by atoms with Gasteiger partial charge in [0.2, 0.25) is 0 Å². The van der Waals surface area contributed by atoms with Crippen molar-refractivity contribution in [1.29, 1.82) is 0 Å². The van der Waals surface area contributed by atoms with E-state index in [4.69, 9.17) is 0 Å². The van der Waals surface area contributed by atoms with E-state index in [0.717, 1.165) is 5.56 Å². The van der Waals surface area contributed by atoms with Crippen molar-refractivity contribution in [3.05, 3.63) is 90.0 Å². The fourth-order valence-electron chi connectivity index (χ4n) is 2.85. The predicted octanol–water partition coefficient (Wildman–Crippen LogP) is 5.42. The quantitative estimate of drug-likeness (QED) is 0.473. The molecule has 6 nitrogen and oxygen atoms in total. The molecule has 0 heterocycles. The molecule has 3 aromatic rings. The van der Waals surface area contributed by atoms with Gasteiger partial charge in [0.25, 0.3) is 5.91 Å². The highest BCUT2D eigenvalue weighted by atomic mass is 19.3. The number of rotatable bonds is 7. The van der Waals surface area contributed by atoms with E-state index in [2.05, 4.69) is 20.7 Å². The third-order valence-corrected chi connectivity index (χ3v) is 4.37. The Morgan fingerprint density at radius 3 is 2.13 bits per heavy atom. The Bertz CT molecular complexity index is 1030. The number of carbonyl (C=O) groups excluding carboxylic acids is 2. The van der Waals surface area contributed by atoms with Crippen LogP contribution in [0.5, 0.6) is 5.75 Å². The summed E-state index contributed by atoms with van der Waals surface area (Å²) in [6.45, 7) is -1.17. The molecule has 0 spiro atoms. The number of ether oxygens (including phenoxy) is 1. The minimum absolute atomic E-state index is 0.0838. The highest BCUT2D eigenvalue weighted by molar-refractivity contribution is 5.99. The van der Waals surface area contributed by atoms with Gasteiger partial charge in [0.1, 0.15) is 5.75 Å². The summed E-state index contributed by atoms with van der Waals surface area (Å²) in [6, 6.07) is 20.9. The first-order valence-electron chi connectivity index (χ1n) is 9.49. The summed E-state index contributed by atoms with van der Waals surface area (Å²) in [5, 5.41) is 8.26. The molecule has 0 aliphatic rings. The number of hydrogen-bond acceptors (Lipinski definition) is 3. The van der Waals surface area contributed by atoms with E-state index in [1.54, 1.807) is 43.3 Å². The average molecular weight is 425 g/mol. The molecule has 1 unspecified atom stereocenters. The van der Waals surface area contributed by atoms with Gasteiger partial charge >= 0.3 is 12.6 Å². The molecule has 0 radical (unpaired) electrons. The Labute approximate surface area is 178 Å². The van der Waals surface area contributed by atoms with E-state index in [9.17, 15) is 18.4 Å². The van der Waals surface area contributed by atoms with Gasteiger partial charge < -0.3 is 20.7 Å². The zero-order valence-electron chi connectivity index (χ0n) is 16.6. The molecule has 8 heteroatoms. The molecule has 3 N–H and O–H groups in total. The highest BCUT2D eigenvalue weighted by Gasteiger charge is 2.13. The summed E-state index contributed by atoms with van der Waals surface area (Å²) in [5.41, 5.74) is 2.28. The minimum atomic E-state index is -2.96. The van der Waals surface area contributed by atoms with Gasteiger partial charge in [-0.2, -0.15) is 8.78 Å². The Morgan fingerprint density at radius 1 is 0.839 bits per heavy atom. The zero-order chi connectivity index (χ0) is 22.2. The number of carbonyl (C=O) groups is 2. The van der Waals surface area contributed by atoms with Crippen molar-refractivity contribution in [2.45, 2.75) is 19.6 Å². The van der Waals surface area contributed by atoms with Crippen LogP contribution in [-0.2, 0) is 0 Å². The Kier molecular flexibility index (Phi) is 7.16. The van der Waals surface area contributed by atoms with E-state index in [1.165, 1.54) is 24.3 Å². The normalized spacial score (nSPS) is 11.5. The summed E-state index contributed by atoms with van der Waals surface area (Å²) in [6.07, 6.45) is 0. The third kappa shape index (κ3) is 6.53. The number of halogens is 2. The van der Waals surface area contributed by atoms with Gasteiger partial charge in [-0.1, -0.05) is 36.4 Å². The van der Waals surface area contributed by atoms with Crippen LogP contribution < -0.4 is 20.7 Å². The molecule has 0 saturated heterocycles. The van der Waals surface area contributed by atoms with E-state index >= 15 is 0 Å². The fourth-order valence-corrected chi connectivity index (χ4v) is 2.85. The number of hydrogen-bond donors (Lipinski definition) is 3. The van der Waals surface area contributed by atoms with Crippen molar-refractivity contribution in [3.63, 3.8) is 0 Å². The van der Waals surface area contributed by atoms with Gasteiger partial charge in [0.15, 0.2) is 0 Å². The second-order valence-electron chi connectivity index (χ2n) is 6.67. The predicted molar refractivity (Wildman–Crippen MR) is 114 cm³/mol. The van der Waals surface area contributed by atoms with Crippen LogP contribution in [0.4, 0.5) is 25.0 Å². The van der Waals surface area contributed by atoms with E-state index in [-0.39, 0.29) is 23.4 Å². The molecular formula is C23H21F2N3O3. The lowest BCUT2D eigenvalue weighted by Gasteiger charge is -2.16. The minimum Gasteiger partial charge on any atom is -0.435 e. The SMILES string of the molecule is CC(NC(=O)c1cccc(OC(F)F)c1)c1ccc(NC(=O)Nc2ccccc2)cc1. The van der Waals surface area contributed by atoms with Crippen LogP contribution in [0.2, 0.25) is 0 Å². The van der Waals surface area contributed by atoms with E-state index in [1.807, 2.05) is 18.2 Å². The summed E-state index contributed by atoms with van der Waals surface area (Å²) in [7, 11) is 0. The number of nitrogens with one attached hydrogen (secondary N) is 3. The molecule has 160 valence electrons. The van der Waals surface area contributed by atoms with Crippen LogP contribution in [0.3, 0.4) is 0 Å². The van der Waals surface area contributed by atoms with Gasteiger partial charge in [-0.25, -0.2) is 4.79 Å². The number of amides is 3. The van der Waals surface area contributed by atoms with Crippen molar-refractivity contribution in [2.75, 3.05) is 10.6 Å². The van der Waals surface area contributed by atoms with Gasteiger partial charge in [0.05, 0.1) is 6.04 Å². The van der Waals surface area contributed by atoms with Crippen molar-refractivity contribution in [2.24, 2.45) is 0 Å².